The van der Waals surface area contributed by atoms with Crippen LogP contribution in [0.3, 0.4) is 0 Å². The van der Waals surface area contributed by atoms with Gasteiger partial charge in [-0.3, -0.25) is 19.4 Å². The monoisotopic (exact) mass is 455 g/mol. The van der Waals surface area contributed by atoms with Crippen LogP contribution in [-0.4, -0.2) is 91.7 Å². The molecular weight excluding hydrogens is 408 g/mol. The van der Waals surface area contributed by atoms with Crippen LogP contribution in [0.15, 0.2) is 0 Å². The first-order chi connectivity index (χ1) is 14.9. The Bertz CT molecular complexity index is 607. The Hall–Kier alpha value is -1.51. The van der Waals surface area contributed by atoms with Crippen molar-refractivity contribution < 1.29 is 23.6 Å². The lowest BCUT2D eigenvalue weighted by atomic mass is 9.93. The Balaban J connectivity index is 3.00. The molecule has 0 spiro atoms. The first kappa shape index (κ1) is 28.5. The summed E-state index contributed by atoms with van der Waals surface area (Å²) in [6, 6.07) is -0.695. The first-order valence-electron chi connectivity index (χ1n) is 12.1. The molecule has 3 amide bonds. The van der Waals surface area contributed by atoms with Crippen LogP contribution in [0.5, 0.6) is 0 Å². The first-order valence-corrected chi connectivity index (χ1v) is 12.1. The van der Waals surface area contributed by atoms with Crippen LogP contribution >= 0.6 is 0 Å². The van der Waals surface area contributed by atoms with Gasteiger partial charge in [-0.2, -0.15) is 0 Å². The summed E-state index contributed by atoms with van der Waals surface area (Å²) in [6.07, 6.45) is 2.98. The van der Waals surface area contributed by atoms with E-state index in [1.165, 1.54) is 0 Å². The van der Waals surface area contributed by atoms with Crippen molar-refractivity contribution >= 4 is 18.2 Å². The minimum absolute atomic E-state index is 0.00723. The van der Waals surface area contributed by atoms with Crippen molar-refractivity contribution in [1.82, 2.24) is 9.80 Å². The third-order valence-electron chi connectivity index (χ3n) is 6.79. The SMILES string of the molecule is CC(C)CCC(=O)N(C)C(C(C)C)[N+](C)(C=O)C(CC(C)CCN1CCOCC1)C(N)=O. The lowest BCUT2D eigenvalue weighted by Crippen LogP contribution is -2.68. The average Bonchev–Trinajstić information content (AvgIpc) is 2.74. The molecule has 0 aromatic carbocycles. The van der Waals surface area contributed by atoms with Crippen LogP contribution in [0.2, 0.25) is 0 Å². The van der Waals surface area contributed by atoms with E-state index in [9.17, 15) is 14.4 Å². The van der Waals surface area contributed by atoms with Gasteiger partial charge in [0.2, 0.25) is 5.91 Å². The topological polar surface area (TPSA) is 92.9 Å². The van der Waals surface area contributed by atoms with E-state index in [0.717, 1.165) is 52.1 Å². The minimum Gasteiger partial charge on any atom is -0.379 e. The van der Waals surface area contributed by atoms with Gasteiger partial charge in [-0.25, -0.2) is 9.28 Å². The van der Waals surface area contributed by atoms with Gasteiger partial charge in [0.15, 0.2) is 12.2 Å². The summed E-state index contributed by atoms with van der Waals surface area (Å²) >= 11 is 0. The summed E-state index contributed by atoms with van der Waals surface area (Å²) in [7, 11) is 3.49. The van der Waals surface area contributed by atoms with E-state index >= 15 is 0 Å². The number of hydrogen-bond donors (Lipinski definition) is 1. The highest BCUT2D eigenvalue weighted by Crippen LogP contribution is 2.28. The van der Waals surface area contributed by atoms with Crippen molar-refractivity contribution in [2.24, 2.45) is 23.5 Å². The van der Waals surface area contributed by atoms with Crippen LogP contribution in [0, 0.1) is 17.8 Å². The molecule has 0 aromatic rings. The van der Waals surface area contributed by atoms with Gasteiger partial charge < -0.3 is 10.5 Å². The summed E-state index contributed by atoms with van der Waals surface area (Å²) < 4.78 is 5.20. The quantitative estimate of drug-likeness (QED) is 0.246. The van der Waals surface area contributed by atoms with Crippen molar-refractivity contribution in [2.45, 2.75) is 72.5 Å². The van der Waals surface area contributed by atoms with Crippen LogP contribution in [0.1, 0.15) is 60.3 Å². The van der Waals surface area contributed by atoms with E-state index in [0.29, 0.717) is 18.8 Å². The van der Waals surface area contributed by atoms with E-state index < -0.39 is 18.1 Å². The fourth-order valence-electron chi connectivity index (χ4n) is 4.86. The molecule has 0 radical (unpaired) electrons. The van der Waals surface area contributed by atoms with Gasteiger partial charge in [-0.1, -0.05) is 34.6 Å². The van der Waals surface area contributed by atoms with Gasteiger partial charge in [0, 0.05) is 38.9 Å². The highest BCUT2D eigenvalue weighted by Gasteiger charge is 2.48. The summed E-state index contributed by atoms with van der Waals surface area (Å²) in [5, 5.41) is 0. The average molecular weight is 456 g/mol. The highest BCUT2D eigenvalue weighted by atomic mass is 16.5. The molecule has 1 heterocycles. The molecule has 8 heteroatoms. The molecule has 1 saturated heterocycles. The number of rotatable bonds is 14. The Morgan fingerprint density at radius 1 is 1.12 bits per heavy atom. The summed E-state index contributed by atoms with van der Waals surface area (Å²) in [6.45, 7) is 14.5. The molecule has 0 bridgehead atoms. The number of primary amides is 1. The maximum absolute atomic E-state index is 12.9. The molecule has 4 atom stereocenters. The molecule has 0 aliphatic carbocycles. The lowest BCUT2D eigenvalue weighted by Gasteiger charge is -2.46. The molecular formula is C24H47N4O4+. The predicted octanol–water partition coefficient (Wildman–Crippen LogP) is 2.07. The van der Waals surface area contributed by atoms with E-state index in [2.05, 4.69) is 25.7 Å². The molecule has 4 unspecified atom stereocenters. The second-order valence-electron chi connectivity index (χ2n) is 10.4. The van der Waals surface area contributed by atoms with E-state index in [-0.39, 0.29) is 22.2 Å². The van der Waals surface area contributed by atoms with E-state index in [1.54, 1.807) is 19.0 Å². The fraction of sp³-hybridized carbons (Fsp3) is 0.875. The Morgan fingerprint density at radius 3 is 2.19 bits per heavy atom. The van der Waals surface area contributed by atoms with Gasteiger partial charge in [0.25, 0.3) is 5.91 Å². The van der Waals surface area contributed by atoms with E-state index in [1.807, 2.05) is 13.8 Å². The smallest absolute Gasteiger partial charge is 0.303 e. The molecule has 8 nitrogen and oxygen atoms in total. The zero-order chi connectivity index (χ0) is 24.5. The number of carbonyl (C=O) groups excluding carboxylic acids is 3. The number of nitrogens with two attached hydrogens (primary N) is 1. The fourth-order valence-corrected chi connectivity index (χ4v) is 4.86. The minimum atomic E-state index is -0.695. The van der Waals surface area contributed by atoms with Crippen LogP contribution in [0.25, 0.3) is 0 Å². The number of ether oxygens (including phenoxy) is 1. The molecule has 1 rings (SSSR count). The molecule has 2 N–H and O–H groups in total. The van der Waals surface area contributed by atoms with Crippen molar-refractivity contribution in [1.29, 1.82) is 0 Å². The van der Waals surface area contributed by atoms with Crippen LogP contribution in [-0.2, 0) is 19.1 Å². The molecule has 1 aliphatic rings. The maximum atomic E-state index is 12.9. The Morgan fingerprint density at radius 2 is 1.72 bits per heavy atom. The molecule has 186 valence electrons. The summed E-state index contributed by atoms with van der Waals surface area (Å²) in [5.74, 6) is 0.104. The van der Waals surface area contributed by atoms with Gasteiger partial charge in [-0.15, -0.1) is 0 Å². The zero-order valence-electron chi connectivity index (χ0n) is 21.4. The lowest BCUT2D eigenvalue weighted by molar-refractivity contribution is -0.883. The van der Waals surface area contributed by atoms with Crippen molar-refractivity contribution in [2.75, 3.05) is 46.9 Å². The molecule has 0 aromatic heterocycles. The molecule has 1 aliphatic heterocycles. The third-order valence-corrected chi connectivity index (χ3v) is 6.79. The largest absolute Gasteiger partial charge is 0.379 e. The number of hydrogen-bond acceptors (Lipinski definition) is 5. The Labute approximate surface area is 195 Å². The molecule has 0 saturated carbocycles. The van der Waals surface area contributed by atoms with Gasteiger partial charge in [-0.05, 0) is 31.2 Å². The number of likely N-dealkylation sites (N-methyl/N-ethyl adjacent to an activating group) is 1. The number of morpholine rings is 1. The van der Waals surface area contributed by atoms with E-state index in [4.69, 9.17) is 10.5 Å². The third kappa shape index (κ3) is 8.12. The van der Waals surface area contributed by atoms with Crippen LogP contribution < -0.4 is 5.73 Å². The standard InChI is InChI=1S/C24H46N4O4/c1-18(2)8-9-22(30)26(6)24(19(3)4)28(7,17-29)21(23(25)31)16-20(5)10-11-27-12-14-32-15-13-27/h17-21,24H,8-16H2,1-7H3,(H-,25,31)/p+1. The number of quaternary nitrogens is 1. The second kappa shape index (κ2) is 13.3. The van der Waals surface area contributed by atoms with Gasteiger partial charge in [0.05, 0.1) is 20.3 Å². The van der Waals surface area contributed by atoms with Gasteiger partial charge >= 0.3 is 6.41 Å². The number of carbonyl (C=O) groups is 3. The number of amides is 3. The highest BCUT2D eigenvalue weighted by molar-refractivity contribution is 5.80. The zero-order valence-corrected chi connectivity index (χ0v) is 21.4. The number of nitrogens with zero attached hydrogens (tertiary/aromatic N) is 3. The second-order valence-corrected chi connectivity index (χ2v) is 10.4. The maximum Gasteiger partial charge on any atom is 0.303 e. The van der Waals surface area contributed by atoms with Crippen molar-refractivity contribution in [3.63, 3.8) is 0 Å². The molecule has 1 fully saturated rings. The van der Waals surface area contributed by atoms with Gasteiger partial charge in [0.1, 0.15) is 0 Å². The Kier molecular flexibility index (Phi) is 11.8. The molecule has 32 heavy (non-hydrogen) atoms. The van der Waals surface area contributed by atoms with Crippen molar-refractivity contribution in [3.8, 4) is 0 Å². The van der Waals surface area contributed by atoms with Crippen molar-refractivity contribution in [3.05, 3.63) is 0 Å². The van der Waals surface area contributed by atoms with Crippen LogP contribution in [0.4, 0.5) is 0 Å². The normalized spacial score (nSPS) is 19.9. The summed E-state index contributed by atoms with van der Waals surface area (Å²) in [4.78, 5) is 42.0. The predicted molar refractivity (Wildman–Crippen MR) is 126 cm³/mol. The summed E-state index contributed by atoms with van der Waals surface area (Å²) in [5.41, 5.74) is 5.85.